The summed E-state index contributed by atoms with van der Waals surface area (Å²) in [5, 5.41) is 17.5. The molecule has 2 aromatic rings. The van der Waals surface area contributed by atoms with Crippen molar-refractivity contribution >= 4 is 0 Å². The van der Waals surface area contributed by atoms with Gasteiger partial charge in [0.1, 0.15) is 0 Å². The van der Waals surface area contributed by atoms with Gasteiger partial charge in [0, 0.05) is 36.3 Å². The maximum absolute atomic E-state index is 9.92. The fraction of sp³-hybridized carbons (Fsp3) is 0.400. The first-order valence-corrected chi connectivity index (χ1v) is 6.88. The van der Waals surface area contributed by atoms with Crippen LogP contribution in [-0.2, 0) is 13.0 Å². The highest BCUT2D eigenvalue weighted by atomic mass is 16.5. The molecule has 0 fully saturated rings. The predicted octanol–water partition coefficient (Wildman–Crippen LogP) is 2.17. The van der Waals surface area contributed by atoms with Crippen LogP contribution < -0.4 is 4.74 Å². The molecule has 5 nitrogen and oxygen atoms in total. The molecule has 5 heteroatoms. The fourth-order valence-electron chi connectivity index (χ4n) is 2.70. The lowest BCUT2D eigenvalue weighted by Gasteiger charge is -2.25. The highest BCUT2D eigenvalue weighted by molar-refractivity contribution is 5.67. The van der Waals surface area contributed by atoms with E-state index in [0.717, 1.165) is 37.3 Å². The van der Waals surface area contributed by atoms with E-state index in [1.807, 2.05) is 6.07 Å². The molecule has 106 valence electrons. The molecule has 0 spiro atoms. The first-order chi connectivity index (χ1) is 9.72. The number of rotatable bonds is 3. The third kappa shape index (κ3) is 2.14. The number of fused-ring (bicyclic) bond motifs is 1. The number of aromatic amines is 1. The summed E-state index contributed by atoms with van der Waals surface area (Å²) >= 11 is 0. The van der Waals surface area contributed by atoms with Gasteiger partial charge in [-0.1, -0.05) is 6.92 Å². The Kier molecular flexibility index (Phi) is 3.36. The molecule has 0 saturated heterocycles. The van der Waals surface area contributed by atoms with Crippen molar-refractivity contribution in [2.75, 3.05) is 20.2 Å². The van der Waals surface area contributed by atoms with Crippen LogP contribution in [0.5, 0.6) is 11.5 Å². The molecule has 2 N–H and O–H groups in total. The van der Waals surface area contributed by atoms with Crippen LogP contribution >= 0.6 is 0 Å². The van der Waals surface area contributed by atoms with E-state index >= 15 is 0 Å². The van der Waals surface area contributed by atoms with E-state index in [2.05, 4.69) is 22.0 Å². The molecule has 1 aliphatic rings. The largest absolute Gasteiger partial charge is 0.504 e. The topological polar surface area (TPSA) is 61.4 Å². The minimum atomic E-state index is 0.143. The first-order valence-electron chi connectivity index (χ1n) is 6.88. The molecule has 0 bridgehead atoms. The summed E-state index contributed by atoms with van der Waals surface area (Å²) in [5.74, 6) is 0.623. The van der Waals surface area contributed by atoms with Crippen molar-refractivity contribution in [3.05, 3.63) is 29.5 Å². The monoisotopic (exact) mass is 273 g/mol. The number of phenols is 1. The normalized spacial score (nSPS) is 15.1. The van der Waals surface area contributed by atoms with E-state index in [9.17, 15) is 5.11 Å². The quantitative estimate of drug-likeness (QED) is 0.899. The lowest BCUT2D eigenvalue weighted by atomic mass is 10.0. The van der Waals surface area contributed by atoms with Gasteiger partial charge in [0.2, 0.25) is 0 Å². The average Bonchev–Trinajstić information content (AvgIpc) is 2.89. The van der Waals surface area contributed by atoms with Gasteiger partial charge in [-0.2, -0.15) is 5.10 Å². The number of benzene rings is 1. The minimum absolute atomic E-state index is 0.143. The van der Waals surface area contributed by atoms with Crippen molar-refractivity contribution in [2.45, 2.75) is 19.9 Å². The third-order valence-electron chi connectivity index (χ3n) is 3.91. The lowest BCUT2D eigenvalue weighted by Crippen LogP contribution is -2.30. The molecule has 0 radical (unpaired) electrons. The van der Waals surface area contributed by atoms with Crippen LogP contribution in [0.3, 0.4) is 0 Å². The molecular weight excluding hydrogens is 254 g/mol. The average molecular weight is 273 g/mol. The van der Waals surface area contributed by atoms with E-state index in [0.29, 0.717) is 5.75 Å². The van der Waals surface area contributed by atoms with Crippen LogP contribution in [0.25, 0.3) is 11.3 Å². The zero-order valence-electron chi connectivity index (χ0n) is 11.8. The molecular formula is C15H19N3O2. The Morgan fingerprint density at radius 2 is 2.30 bits per heavy atom. The number of nitrogens with zero attached hydrogens (tertiary/aromatic N) is 2. The number of likely N-dealkylation sites (N-methyl/N-ethyl adjacent to an activating group) is 1. The molecule has 1 aromatic heterocycles. The highest BCUT2D eigenvalue weighted by Crippen LogP contribution is 2.34. The molecule has 0 atom stereocenters. The van der Waals surface area contributed by atoms with Gasteiger partial charge >= 0.3 is 0 Å². The van der Waals surface area contributed by atoms with Crippen molar-refractivity contribution in [3.63, 3.8) is 0 Å². The van der Waals surface area contributed by atoms with Gasteiger partial charge in [-0.25, -0.2) is 0 Å². The molecule has 20 heavy (non-hydrogen) atoms. The summed E-state index contributed by atoms with van der Waals surface area (Å²) in [4.78, 5) is 2.39. The zero-order valence-corrected chi connectivity index (χ0v) is 11.8. The Hall–Kier alpha value is -2.01. The number of H-pyrrole nitrogens is 1. The van der Waals surface area contributed by atoms with Crippen molar-refractivity contribution < 1.29 is 9.84 Å². The van der Waals surface area contributed by atoms with E-state index in [-0.39, 0.29) is 5.75 Å². The van der Waals surface area contributed by atoms with Crippen LogP contribution in [0.15, 0.2) is 18.2 Å². The predicted molar refractivity (Wildman–Crippen MR) is 76.9 cm³/mol. The highest BCUT2D eigenvalue weighted by Gasteiger charge is 2.22. The number of hydrogen-bond donors (Lipinski definition) is 2. The summed E-state index contributed by atoms with van der Waals surface area (Å²) in [6.07, 6.45) is 0.998. The molecule has 0 aliphatic carbocycles. The van der Waals surface area contributed by atoms with Crippen molar-refractivity contribution in [1.82, 2.24) is 15.1 Å². The second kappa shape index (κ2) is 5.17. The number of methoxy groups -OCH3 is 1. The first kappa shape index (κ1) is 13.0. The molecule has 0 unspecified atom stereocenters. The van der Waals surface area contributed by atoms with Gasteiger partial charge in [-0.15, -0.1) is 0 Å². The van der Waals surface area contributed by atoms with Gasteiger partial charge in [0.05, 0.1) is 12.8 Å². The van der Waals surface area contributed by atoms with Crippen LogP contribution in [-0.4, -0.2) is 40.4 Å². The summed E-state index contributed by atoms with van der Waals surface area (Å²) in [6, 6.07) is 5.41. The van der Waals surface area contributed by atoms with Crippen molar-refractivity contribution in [1.29, 1.82) is 0 Å². The smallest absolute Gasteiger partial charge is 0.160 e. The zero-order chi connectivity index (χ0) is 14.1. The van der Waals surface area contributed by atoms with Gasteiger partial charge < -0.3 is 9.84 Å². The van der Waals surface area contributed by atoms with E-state index in [1.165, 1.54) is 11.3 Å². The number of nitrogens with one attached hydrogen (secondary N) is 1. The standard InChI is InChI=1S/C15H19N3O2/c1-3-18-7-6-12-11(9-18)15(17-16-12)10-4-5-14(20-2)13(19)8-10/h4-5,8,19H,3,6-7,9H2,1-2H3,(H,16,17). The molecule has 3 rings (SSSR count). The Labute approximate surface area is 118 Å². The van der Waals surface area contributed by atoms with Crippen LogP contribution in [0, 0.1) is 0 Å². The van der Waals surface area contributed by atoms with E-state index < -0.39 is 0 Å². The van der Waals surface area contributed by atoms with Gasteiger partial charge in [0.15, 0.2) is 11.5 Å². The van der Waals surface area contributed by atoms with Crippen LogP contribution in [0.4, 0.5) is 0 Å². The van der Waals surface area contributed by atoms with Crippen molar-refractivity contribution in [3.8, 4) is 22.8 Å². The Morgan fingerprint density at radius 1 is 1.45 bits per heavy atom. The molecule has 0 amide bonds. The number of hydrogen-bond acceptors (Lipinski definition) is 4. The maximum atomic E-state index is 9.92. The Bertz CT molecular complexity index is 622. The molecule has 2 heterocycles. The summed E-state index contributed by atoms with van der Waals surface area (Å²) in [5.41, 5.74) is 4.29. The molecule has 1 aliphatic heterocycles. The van der Waals surface area contributed by atoms with E-state index in [4.69, 9.17) is 4.74 Å². The summed E-state index contributed by atoms with van der Waals surface area (Å²) in [6.45, 7) is 5.19. The number of ether oxygens (including phenoxy) is 1. The lowest BCUT2D eigenvalue weighted by molar-refractivity contribution is 0.267. The summed E-state index contributed by atoms with van der Waals surface area (Å²) < 4.78 is 5.08. The SMILES string of the molecule is CCN1CCc2[nH]nc(-c3ccc(OC)c(O)c3)c2C1. The summed E-state index contributed by atoms with van der Waals surface area (Å²) in [7, 11) is 1.55. The third-order valence-corrected chi connectivity index (χ3v) is 3.91. The minimum Gasteiger partial charge on any atom is -0.504 e. The molecule has 0 saturated carbocycles. The fourth-order valence-corrected chi connectivity index (χ4v) is 2.70. The number of aromatic hydroxyl groups is 1. The molecule has 1 aromatic carbocycles. The number of phenolic OH excluding ortho intramolecular Hbond substituents is 1. The van der Waals surface area contributed by atoms with E-state index in [1.54, 1.807) is 19.2 Å². The van der Waals surface area contributed by atoms with Crippen LogP contribution in [0.2, 0.25) is 0 Å². The van der Waals surface area contributed by atoms with Gasteiger partial charge in [-0.05, 0) is 24.7 Å². The second-order valence-electron chi connectivity index (χ2n) is 5.03. The Balaban J connectivity index is 1.99. The van der Waals surface area contributed by atoms with Crippen molar-refractivity contribution in [2.24, 2.45) is 0 Å². The second-order valence-corrected chi connectivity index (χ2v) is 5.03. The van der Waals surface area contributed by atoms with Gasteiger partial charge in [-0.3, -0.25) is 10.00 Å². The Morgan fingerprint density at radius 3 is 3.00 bits per heavy atom. The number of aromatic nitrogens is 2. The maximum Gasteiger partial charge on any atom is 0.160 e. The van der Waals surface area contributed by atoms with Crippen LogP contribution in [0.1, 0.15) is 18.2 Å². The van der Waals surface area contributed by atoms with Gasteiger partial charge in [0.25, 0.3) is 0 Å².